The SMILES string of the molecule is CCCCCCCC[C@@H]1C[C@@H]1CCCCCCCC(CCCCCCC)N(C)C. The molecule has 0 amide bonds. The molecule has 0 radical (unpaired) electrons. The summed E-state index contributed by atoms with van der Waals surface area (Å²) >= 11 is 0. The first-order valence-corrected chi connectivity index (χ1v) is 13.8. The highest BCUT2D eigenvalue weighted by molar-refractivity contribution is 4.85. The van der Waals surface area contributed by atoms with Crippen LogP contribution in [0, 0.1) is 11.8 Å². The first kappa shape index (κ1) is 27.0. The zero-order valence-corrected chi connectivity index (χ0v) is 21.0. The molecule has 0 aromatic rings. The van der Waals surface area contributed by atoms with Gasteiger partial charge in [0.05, 0.1) is 0 Å². The molecule has 0 spiro atoms. The van der Waals surface area contributed by atoms with Crippen LogP contribution < -0.4 is 0 Å². The lowest BCUT2D eigenvalue weighted by Crippen LogP contribution is -2.27. The fourth-order valence-electron chi connectivity index (χ4n) is 5.17. The van der Waals surface area contributed by atoms with E-state index in [0.29, 0.717) is 0 Å². The van der Waals surface area contributed by atoms with Crippen molar-refractivity contribution in [2.45, 2.75) is 155 Å². The van der Waals surface area contributed by atoms with Gasteiger partial charge in [-0.1, -0.05) is 129 Å². The molecule has 3 atom stereocenters. The average molecular weight is 408 g/mol. The summed E-state index contributed by atoms with van der Waals surface area (Å²) in [5.41, 5.74) is 0. The second-order valence-electron chi connectivity index (χ2n) is 10.5. The van der Waals surface area contributed by atoms with Crippen LogP contribution in [0.3, 0.4) is 0 Å². The summed E-state index contributed by atoms with van der Waals surface area (Å²) in [4.78, 5) is 2.48. The molecule has 0 aromatic carbocycles. The minimum absolute atomic E-state index is 0.825. The molecule has 0 aliphatic heterocycles. The second kappa shape index (κ2) is 18.7. The van der Waals surface area contributed by atoms with Gasteiger partial charge in [0.25, 0.3) is 0 Å². The third-order valence-electron chi connectivity index (χ3n) is 7.48. The predicted molar refractivity (Wildman–Crippen MR) is 133 cm³/mol. The van der Waals surface area contributed by atoms with Crippen molar-refractivity contribution in [2.75, 3.05) is 14.1 Å². The van der Waals surface area contributed by atoms with Gasteiger partial charge in [-0.15, -0.1) is 0 Å². The Bertz CT molecular complexity index is 337. The molecule has 29 heavy (non-hydrogen) atoms. The van der Waals surface area contributed by atoms with E-state index in [0.717, 1.165) is 17.9 Å². The highest BCUT2D eigenvalue weighted by Gasteiger charge is 2.34. The molecule has 1 rings (SSSR count). The molecule has 0 heterocycles. The highest BCUT2D eigenvalue weighted by Crippen LogP contribution is 2.45. The van der Waals surface area contributed by atoms with Crippen LogP contribution in [0.2, 0.25) is 0 Å². The molecule has 0 N–H and O–H groups in total. The summed E-state index contributed by atoms with van der Waals surface area (Å²) < 4.78 is 0. The summed E-state index contributed by atoms with van der Waals surface area (Å²) in [5.74, 6) is 2.25. The van der Waals surface area contributed by atoms with Gasteiger partial charge in [-0.25, -0.2) is 0 Å². The van der Waals surface area contributed by atoms with Gasteiger partial charge in [0, 0.05) is 6.04 Å². The number of hydrogen-bond acceptors (Lipinski definition) is 1. The smallest absolute Gasteiger partial charge is 0.00891 e. The van der Waals surface area contributed by atoms with E-state index < -0.39 is 0 Å². The van der Waals surface area contributed by atoms with E-state index in [1.165, 1.54) is 116 Å². The van der Waals surface area contributed by atoms with Gasteiger partial charge in [0.15, 0.2) is 0 Å². The van der Waals surface area contributed by atoms with Crippen molar-refractivity contribution in [1.82, 2.24) is 4.90 Å². The zero-order valence-electron chi connectivity index (χ0n) is 21.0. The molecular weight excluding hydrogens is 350 g/mol. The van der Waals surface area contributed by atoms with Crippen LogP contribution in [0.5, 0.6) is 0 Å². The van der Waals surface area contributed by atoms with E-state index in [9.17, 15) is 0 Å². The van der Waals surface area contributed by atoms with Crippen molar-refractivity contribution in [2.24, 2.45) is 11.8 Å². The van der Waals surface area contributed by atoms with Crippen LogP contribution in [-0.2, 0) is 0 Å². The molecule has 0 saturated heterocycles. The van der Waals surface area contributed by atoms with Gasteiger partial charge in [-0.2, -0.15) is 0 Å². The lowest BCUT2D eigenvalue weighted by Gasteiger charge is -2.24. The third kappa shape index (κ3) is 15.4. The Labute approximate surface area is 185 Å². The monoisotopic (exact) mass is 407 g/mol. The Morgan fingerprint density at radius 1 is 0.552 bits per heavy atom. The third-order valence-corrected chi connectivity index (χ3v) is 7.48. The highest BCUT2D eigenvalue weighted by atomic mass is 15.1. The molecule has 0 bridgehead atoms. The normalized spacial score (nSPS) is 19.8. The zero-order chi connectivity index (χ0) is 21.2. The fraction of sp³-hybridized carbons (Fsp3) is 1.00. The van der Waals surface area contributed by atoms with Crippen LogP contribution in [0.1, 0.15) is 149 Å². The van der Waals surface area contributed by atoms with Crippen LogP contribution in [0.25, 0.3) is 0 Å². The summed E-state index contributed by atoms with van der Waals surface area (Å²) in [6.45, 7) is 4.62. The van der Waals surface area contributed by atoms with Crippen LogP contribution >= 0.6 is 0 Å². The van der Waals surface area contributed by atoms with Gasteiger partial charge in [0.2, 0.25) is 0 Å². The number of nitrogens with zero attached hydrogens (tertiary/aromatic N) is 1. The molecule has 0 aromatic heterocycles. The van der Waals surface area contributed by atoms with Crippen molar-refractivity contribution >= 4 is 0 Å². The molecular formula is C28H57N. The Kier molecular flexibility index (Phi) is 17.4. The van der Waals surface area contributed by atoms with E-state index in [-0.39, 0.29) is 0 Å². The van der Waals surface area contributed by atoms with Crippen molar-refractivity contribution in [1.29, 1.82) is 0 Å². The van der Waals surface area contributed by atoms with Gasteiger partial charge >= 0.3 is 0 Å². The van der Waals surface area contributed by atoms with Crippen molar-refractivity contribution in [3.8, 4) is 0 Å². The molecule has 1 aliphatic rings. The molecule has 1 aliphatic carbocycles. The molecule has 1 heteroatoms. The maximum atomic E-state index is 2.48. The Hall–Kier alpha value is -0.0400. The van der Waals surface area contributed by atoms with Crippen molar-refractivity contribution in [3.05, 3.63) is 0 Å². The first-order chi connectivity index (χ1) is 14.2. The maximum Gasteiger partial charge on any atom is 0.00891 e. The van der Waals surface area contributed by atoms with Crippen LogP contribution in [-0.4, -0.2) is 25.0 Å². The number of hydrogen-bond donors (Lipinski definition) is 0. The molecule has 174 valence electrons. The van der Waals surface area contributed by atoms with Gasteiger partial charge in [-0.05, 0) is 45.2 Å². The van der Waals surface area contributed by atoms with E-state index >= 15 is 0 Å². The standard InChI is InChI=1S/C28H57N/c1-5-7-9-11-14-17-21-26-25-27(26)22-18-15-12-16-20-24-28(29(3)4)23-19-13-10-8-6-2/h26-28H,5-25H2,1-4H3/t26-,27+,28?/m1/s1. The minimum atomic E-state index is 0.825. The summed E-state index contributed by atoms with van der Waals surface area (Å²) in [5, 5.41) is 0. The lowest BCUT2D eigenvalue weighted by molar-refractivity contribution is 0.251. The molecule has 1 unspecified atom stereocenters. The lowest BCUT2D eigenvalue weighted by atomic mass is 9.99. The Morgan fingerprint density at radius 2 is 0.931 bits per heavy atom. The van der Waals surface area contributed by atoms with E-state index in [4.69, 9.17) is 0 Å². The second-order valence-corrected chi connectivity index (χ2v) is 10.5. The predicted octanol–water partition coefficient (Wildman–Crippen LogP) is 9.39. The number of rotatable bonds is 22. The van der Waals surface area contributed by atoms with E-state index in [2.05, 4.69) is 32.8 Å². The van der Waals surface area contributed by atoms with Crippen molar-refractivity contribution in [3.63, 3.8) is 0 Å². The van der Waals surface area contributed by atoms with Gasteiger partial charge in [0.1, 0.15) is 0 Å². The Morgan fingerprint density at radius 3 is 1.34 bits per heavy atom. The maximum absolute atomic E-state index is 2.48. The quantitative estimate of drug-likeness (QED) is 0.161. The van der Waals surface area contributed by atoms with Gasteiger partial charge < -0.3 is 4.90 Å². The summed E-state index contributed by atoms with van der Waals surface area (Å²) in [6.07, 6.45) is 30.8. The largest absolute Gasteiger partial charge is 0.306 e. The Balaban J connectivity index is 1.87. The topological polar surface area (TPSA) is 3.24 Å². The summed E-state index contributed by atoms with van der Waals surface area (Å²) in [7, 11) is 4.57. The first-order valence-electron chi connectivity index (χ1n) is 13.8. The summed E-state index contributed by atoms with van der Waals surface area (Å²) in [6, 6.07) is 0.825. The molecule has 1 fully saturated rings. The van der Waals surface area contributed by atoms with Gasteiger partial charge in [-0.3, -0.25) is 0 Å². The van der Waals surface area contributed by atoms with Crippen molar-refractivity contribution < 1.29 is 0 Å². The fourth-order valence-corrected chi connectivity index (χ4v) is 5.17. The molecule has 1 nitrogen and oxygen atoms in total. The van der Waals surface area contributed by atoms with Crippen LogP contribution in [0.15, 0.2) is 0 Å². The van der Waals surface area contributed by atoms with E-state index in [1.807, 2.05) is 0 Å². The number of unbranched alkanes of at least 4 members (excludes halogenated alkanes) is 13. The van der Waals surface area contributed by atoms with Crippen LogP contribution in [0.4, 0.5) is 0 Å². The minimum Gasteiger partial charge on any atom is -0.306 e. The molecule has 1 saturated carbocycles. The van der Waals surface area contributed by atoms with E-state index in [1.54, 1.807) is 19.3 Å². The average Bonchev–Trinajstić information content (AvgIpc) is 3.46.